The van der Waals surface area contributed by atoms with E-state index in [0.717, 1.165) is 0 Å². The maximum Gasteiger partial charge on any atom is 0.355 e. The Morgan fingerprint density at radius 3 is 2.77 bits per heavy atom. The predicted octanol–water partition coefficient (Wildman–Crippen LogP) is 0.899. The molecule has 1 fully saturated rings. The molecule has 2 aromatic rings. The fourth-order valence-electron chi connectivity index (χ4n) is 2.34. The molecule has 2 aromatic heterocycles. The summed E-state index contributed by atoms with van der Waals surface area (Å²) in [5.41, 5.74) is 0.0282. The summed E-state index contributed by atoms with van der Waals surface area (Å²) in [6.07, 6.45) is 1.27. The first-order valence-corrected chi connectivity index (χ1v) is 9.58. The second-order valence-corrected chi connectivity index (χ2v) is 7.98. The quantitative estimate of drug-likeness (QED) is 0.728. The molecule has 0 atom stereocenters. The van der Waals surface area contributed by atoms with Crippen LogP contribution in [0.5, 0.6) is 0 Å². The van der Waals surface area contributed by atoms with Crippen molar-refractivity contribution in [2.75, 3.05) is 26.3 Å². The van der Waals surface area contributed by atoms with Gasteiger partial charge in [-0.05, 0) is 6.07 Å². The van der Waals surface area contributed by atoms with Gasteiger partial charge in [-0.3, -0.25) is 0 Å². The molecule has 1 aliphatic rings. The van der Waals surface area contributed by atoms with E-state index < -0.39 is 16.0 Å². The smallest absolute Gasteiger partial charge is 0.355 e. The van der Waals surface area contributed by atoms with Gasteiger partial charge in [-0.25, -0.2) is 13.2 Å². The number of aromatic nitrogens is 3. The van der Waals surface area contributed by atoms with Crippen LogP contribution in [0.4, 0.5) is 0 Å². The van der Waals surface area contributed by atoms with Crippen LogP contribution in [0, 0.1) is 0 Å². The van der Waals surface area contributed by atoms with Gasteiger partial charge < -0.3 is 19.0 Å². The number of aromatic amines is 1. The number of carbonyl (C=O) groups excluding carboxylic acids is 1. The highest BCUT2D eigenvalue weighted by atomic mass is 32.2. The van der Waals surface area contributed by atoms with Gasteiger partial charge in [0.1, 0.15) is 10.6 Å². The van der Waals surface area contributed by atoms with Crippen LogP contribution < -0.4 is 0 Å². The molecule has 0 saturated carbocycles. The van der Waals surface area contributed by atoms with Crippen LogP contribution in [-0.4, -0.2) is 60.1 Å². The van der Waals surface area contributed by atoms with Crippen molar-refractivity contribution < 1.29 is 27.2 Å². The Kier molecular flexibility index (Phi) is 5.39. The average molecular weight is 384 g/mol. The molecule has 3 rings (SSSR count). The number of nitrogens with one attached hydrogen (secondary N) is 1. The lowest BCUT2D eigenvalue weighted by Gasteiger charge is -2.25. The van der Waals surface area contributed by atoms with Crippen molar-refractivity contribution in [2.24, 2.45) is 0 Å². The highest BCUT2D eigenvalue weighted by Crippen LogP contribution is 2.19. The third-order valence-electron chi connectivity index (χ3n) is 3.81. The molecular weight excluding hydrogens is 364 g/mol. The monoisotopic (exact) mass is 384 g/mol. The fourth-order valence-corrected chi connectivity index (χ4v) is 3.75. The Bertz CT molecular complexity index is 866. The molecule has 10 nitrogen and oxygen atoms in total. The molecule has 0 aliphatic carbocycles. The molecule has 26 heavy (non-hydrogen) atoms. The number of carbonyl (C=O) groups is 1. The lowest BCUT2D eigenvalue weighted by molar-refractivity contribution is 0.0423. The van der Waals surface area contributed by atoms with Crippen molar-refractivity contribution in [1.29, 1.82) is 0 Å². The molecule has 1 saturated heterocycles. The molecule has 0 amide bonds. The fraction of sp³-hybridized carbons (Fsp3) is 0.533. The molecule has 11 heteroatoms. The number of H-pyrrole nitrogens is 1. The minimum atomic E-state index is -3.67. The molecule has 142 valence electrons. The summed E-state index contributed by atoms with van der Waals surface area (Å²) in [6, 6.07) is 1.25. The van der Waals surface area contributed by atoms with E-state index in [4.69, 9.17) is 14.0 Å². The van der Waals surface area contributed by atoms with E-state index in [1.165, 1.54) is 16.6 Å². The summed E-state index contributed by atoms with van der Waals surface area (Å²) in [5, 5.41) is 3.77. The normalized spacial score (nSPS) is 16.1. The topological polar surface area (TPSA) is 128 Å². The predicted molar refractivity (Wildman–Crippen MR) is 87.9 cm³/mol. The first kappa shape index (κ1) is 18.5. The summed E-state index contributed by atoms with van der Waals surface area (Å²) in [6.45, 7) is 4.89. The Hall–Kier alpha value is -2.24. The Balaban J connectivity index is 1.63. The van der Waals surface area contributed by atoms with Crippen LogP contribution in [0.25, 0.3) is 0 Å². The van der Waals surface area contributed by atoms with Crippen LogP contribution in [0.3, 0.4) is 0 Å². The van der Waals surface area contributed by atoms with Crippen LogP contribution in [-0.2, 0) is 26.1 Å². The first-order chi connectivity index (χ1) is 12.4. The zero-order valence-electron chi connectivity index (χ0n) is 14.5. The molecule has 0 bridgehead atoms. The van der Waals surface area contributed by atoms with Crippen molar-refractivity contribution in [3.8, 4) is 0 Å². The van der Waals surface area contributed by atoms with Gasteiger partial charge in [0.25, 0.3) is 5.89 Å². The summed E-state index contributed by atoms with van der Waals surface area (Å²) in [4.78, 5) is 18.8. The van der Waals surface area contributed by atoms with E-state index in [9.17, 15) is 13.2 Å². The first-order valence-electron chi connectivity index (χ1n) is 8.14. The number of hydrogen-bond donors (Lipinski definition) is 1. The Labute approximate surface area is 150 Å². The van der Waals surface area contributed by atoms with Crippen molar-refractivity contribution >= 4 is 16.0 Å². The number of ether oxygens (including phenoxy) is 2. The lowest BCUT2D eigenvalue weighted by atomic mass is 10.2. The number of esters is 1. The second kappa shape index (κ2) is 7.56. The van der Waals surface area contributed by atoms with Crippen molar-refractivity contribution in [1.82, 2.24) is 19.4 Å². The summed E-state index contributed by atoms with van der Waals surface area (Å²) in [5.74, 6) is 0.0851. The van der Waals surface area contributed by atoms with Gasteiger partial charge in [-0.2, -0.15) is 9.29 Å². The number of rotatable bonds is 6. The SMILES string of the molecule is CC(C)c1noc(COC(=O)c2cc(S(=O)(=O)N3CCOCC3)c[nH]2)n1. The summed E-state index contributed by atoms with van der Waals surface area (Å²) in [7, 11) is -3.67. The Morgan fingerprint density at radius 1 is 1.38 bits per heavy atom. The maximum atomic E-state index is 12.5. The third kappa shape index (κ3) is 3.94. The van der Waals surface area contributed by atoms with Crippen molar-refractivity contribution in [3.63, 3.8) is 0 Å². The zero-order chi connectivity index (χ0) is 18.7. The van der Waals surface area contributed by atoms with Gasteiger partial charge in [-0.15, -0.1) is 0 Å². The van der Waals surface area contributed by atoms with E-state index in [0.29, 0.717) is 19.0 Å². The van der Waals surface area contributed by atoms with Gasteiger partial charge in [0.2, 0.25) is 10.0 Å². The van der Waals surface area contributed by atoms with Gasteiger partial charge in [0.05, 0.1) is 13.2 Å². The molecule has 0 aromatic carbocycles. The van der Waals surface area contributed by atoms with Gasteiger partial charge in [-0.1, -0.05) is 19.0 Å². The molecule has 0 unspecified atom stereocenters. The van der Waals surface area contributed by atoms with Crippen LogP contribution in [0.2, 0.25) is 0 Å². The van der Waals surface area contributed by atoms with Crippen LogP contribution in [0.15, 0.2) is 21.7 Å². The van der Waals surface area contributed by atoms with E-state index in [1.54, 1.807) is 0 Å². The highest BCUT2D eigenvalue weighted by Gasteiger charge is 2.28. The standard InChI is InChI=1S/C15H20N4O6S/c1-10(2)14-17-13(25-18-14)9-24-15(20)12-7-11(8-16-12)26(21,22)19-3-5-23-6-4-19/h7-8,10,16H,3-6,9H2,1-2H3. The van der Waals surface area contributed by atoms with E-state index in [1.807, 2.05) is 13.8 Å². The number of hydrogen-bond acceptors (Lipinski definition) is 8. The van der Waals surface area contributed by atoms with Crippen molar-refractivity contribution in [2.45, 2.75) is 31.3 Å². The highest BCUT2D eigenvalue weighted by molar-refractivity contribution is 7.89. The number of morpholine rings is 1. The summed E-state index contributed by atoms with van der Waals surface area (Å²) < 4.78 is 41.6. The Morgan fingerprint density at radius 2 is 2.12 bits per heavy atom. The zero-order valence-corrected chi connectivity index (χ0v) is 15.3. The molecule has 1 N–H and O–H groups in total. The maximum absolute atomic E-state index is 12.5. The second-order valence-electron chi connectivity index (χ2n) is 6.04. The minimum absolute atomic E-state index is 0.00577. The molecule has 3 heterocycles. The molecule has 1 aliphatic heterocycles. The molecular formula is C15H20N4O6S. The summed E-state index contributed by atoms with van der Waals surface area (Å²) >= 11 is 0. The largest absolute Gasteiger partial charge is 0.451 e. The van der Waals surface area contributed by atoms with E-state index in [2.05, 4.69) is 15.1 Å². The lowest BCUT2D eigenvalue weighted by Crippen LogP contribution is -2.40. The van der Waals surface area contributed by atoms with Crippen LogP contribution >= 0.6 is 0 Å². The van der Waals surface area contributed by atoms with Gasteiger partial charge in [0, 0.05) is 25.2 Å². The average Bonchev–Trinajstić information content (AvgIpc) is 3.30. The number of nitrogens with zero attached hydrogens (tertiary/aromatic N) is 3. The number of sulfonamides is 1. The minimum Gasteiger partial charge on any atom is -0.451 e. The van der Waals surface area contributed by atoms with E-state index in [-0.39, 0.29) is 42.1 Å². The van der Waals surface area contributed by atoms with E-state index >= 15 is 0 Å². The molecule has 0 spiro atoms. The van der Waals surface area contributed by atoms with Gasteiger partial charge >= 0.3 is 5.97 Å². The van der Waals surface area contributed by atoms with Gasteiger partial charge in [0.15, 0.2) is 12.4 Å². The van der Waals surface area contributed by atoms with Crippen LogP contribution in [0.1, 0.15) is 42.0 Å². The molecule has 0 radical (unpaired) electrons. The third-order valence-corrected chi connectivity index (χ3v) is 5.69. The van der Waals surface area contributed by atoms with Crippen molar-refractivity contribution in [3.05, 3.63) is 29.7 Å².